The standard InChI is InChI=1S/C12H14N2O4/c1-3-14-11(16)8-5-4-7(10(15)13-2)6-9(8)12(17)18/h4-6H,3H2,1-2H3,(H,13,15)(H,14,16)(H,17,18). The summed E-state index contributed by atoms with van der Waals surface area (Å²) in [6.45, 7) is 2.13. The molecule has 0 unspecified atom stereocenters. The number of carbonyl (C=O) groups is 3. The average molecular weight is 250 g/mol. The van der Waals surface area contributed by atoms with Crippen LogP contribution >= 0.6 is 0 Å². The number of aromatic carboxylic acids is 1. The predicted molar refractivity (Wildman–Crippen MR) is 64.8 cm³/mol. The summed E-state index contributed by atoms with van der Waals surface area (Å²) in [4.78, 5) is 34.1. The van der Waals surface area contributed by atoms with Crippen molar-refractivity contribution in [2.45, 2.75) is 6.92 Å². The summed E-state index contributed by atoms with van der Waals surface area (Å²) in [5, 5.41) is 14.0. The molecule has 18 heavy (non-hydrogen) atoms. The van der Waals surface area contributed by atoms with Crippen molar-refractivity contribution in [3.8, 4) is 0 Å². The molecule has 0 heterocycles. The van der Waals surface area contributed by atoms with Crippen LogP contribution in [0.3, 0.4) is 0 Å². The van der Waals surface area contributed by atoms with Crippen LogP contribution in [0.4, 0.5) is 0 Å². The van der Waals surface area contributed by atoms with Gasteiger partial charge in [0, 0.05) is 19.2 Å². The van der Waals surface area contributed by atoms with E-state index in [1.807, 2.05) is 0 Å². The minimum absolute atomic E-state index is 0.0389. The lowest BCUT2D eigenvalue weighted by Crippen LogP contribution is -2.26. The first-order valence-corrected chi connectivity index (χ1v) is 5.38. The Hall–Kier alpha value is -2.37. The van der Waals surface area contributed by atoms with Gasteiger partial charge in [-0.3, -0.25) is 9.59 Å². The van der Waals surface area contributed by atoms with Gasteiger partial charge in [-0.1, -0.05) is 0 Å². The third-order valence-electron chi connectivity index (χ3n) is 2.32. The molecule has 1 aromatic rings. The van der Waals surface area contributed by atoms with Crippen LogP contribution in [0.5, 0.6) is 0 Å². The lowest BCUT2D eigenvalue weighted by molar-refractivity contribution is 0.0691. The molecule has 0 aromatic heterocycles. The van der Waals surface area contributed by atoms with Gasteiger partial charge in [0.25, 0.3) is 11.8 Å². The first-order valence-electron chi connectivity index (χ1n) is 5.38. The zero-order valence-corrected chi connectivity index (χ0v) is 10.1. The number of nitrogens with one attached hydrogen (secondary N) is 2. The molecule has 2 amide bonds. The number of carbonyl (C=O) groups excluding carboxylic acids is 2. The average Bonchev–Trinajstić information content (AvgIpc) is 2.37. The van der Waals surface area contributed by atoms with Crippen molar-refractivity contribution in [1.29, 1.82) is 0 Å². The molecule has 0 bridgehead atoms. The van der Waals surface area contributed by atoms with Crippen molar-refractivity contribution < 1.29 is 19.5 Å². The van der Waals surface area contributed by atoms with E-state index < -0.39 is 17.8 Å². The number of carboxylic acid groups (broad SMARTS) is 1. The van der Waals surface area contributed by atoms with Gasteiger partial charge in [-0.25, -0.2) is 4.79 Å². The van der Waals surface area contributed by atoms with E-state index in [-0.39, 0.29) is 16.7 Å². The zero-order chi connectivity index (χ0) is 13.7. The highest BCUT2D eigenvalue weighted by atomic mass is 16.4. The molecular weight excluding hydrogens is 236 g/mol. The highest BCUT2D eigenvalue weighted by Gasteiger charge is 2.18. The fourth-order valence-corrected chi connectivity index (χ4v) is 1.46. The lowest BCUT2D eigenvalue weighted by atomic mass is 10.0. The van der Waals surface area contributed by atoms with Crippen molar-refractivity contribution in [3.05, 3.63) is 34.9 Å². The molecule has 0 aliphatic carbocycles. The fraction of sp³-hybridized carbons (Fsp3) is 0.250. The number of hydrogen-bond acceptors (Lipinski definition) is 3. The quantitative estimate of drug-likeness (QED) is 0.724. The molecule has 1 aromatic carbocycles. The van der Waals surface area contributed by atoms with E-state index in [2.05, 4.69) is 10.6 Å². The molecule has 0 fully saturated rings. The fourth-order valence-electron chi connectivity index (χ4n) is 1.46. The van der Waals surface area contributed by atoms with Gasteiger partial charge in [0.15, 0.2) is 0 Å². The molecule has 0 spiro atoms. The van der Waals surface area contributed by atoms with Crippen LogP contribution in [0.15, 0.2) is 18.2 Å². The summed E-state index contributed by atoms with van der Waals surface area (Å²) in [6.07, 6.45) is 0. The summed E-state index contributed by atoms with van der Waals surface area (Å²) in [6, 6.07) is 3.93. The first kappa shape index (κ1) is 13.7. The first-order chi connectivity index (χ1) is 8.51. The number of benzene rings is 1. The lowest BCUT2D eigenvalue weighted by Gasteiger charge is -2.08. The second-order valence-corrected chi connectivity index (χ2v) is 3.50. The molecule has 0 aliphatic rings. The van der Waals surface area contributed by atoms with Crippen LogP contribution in [-0.2, 0) is 0 Å². The topological polar surface area (TPSA) is 95.5 Å². The Morgan fingerprint density at radius 3 is 2.33 bits per heavy atom. The number of carboxylic acids is 1. The number of rotatable bonds is 4. The summed E-state index contributed by atoms with van der Waals surface area (Å²) in [5.41, 5.74) is 0.0435. The van der Waals surface area contributed by atoms with Crippen LogP contribution in [-0.4, -0.2) is 36.5 Å². The second-order valence-electron chi connectivity index (χ2n) is 3.50. The van der Waals surface area contributed by atoms with Gasteiger partial charge in [-0.15, -0.1) is 0 Å². The van der Waals surface area contributed by atoms with Crippen molar-refractivity contribution >= 4 is 17.8 Å². The molecule has 0 aliphatic heterocycles. The normalized spacial score (nSPS) is 9.67. The van der Waals surface area contributed by atoms with E-state index in [1.165, 1.54) is 25.2 Å². The van der Waals surface area contributed by atoms with E-state index in [1.54, 1.807) is 6.92 Å². The summed E-state index contributed by atoms with van der Waals surface area (Å²) in [5.74, 6) is -2.12. The van der Waals surface area contributed by atoms with Crippen LogP contribution in [0, 0.1) is 0 Å². The van der Waals surface area contributed by atoms with Crippen molar-refractivity contribution in [2.24, 2.45) is 0 Å². The molecule has 1 rings (SSSR count). The van der Waals surface area contributed by atoms with Crippen molar-refractivity contribution in [2.75, 3.05) is 13.6 Å². The maximum atomic E-state index is 11.6. The van der Waals surface area contributed by atoms with Crippen molar-refractivity contribution in [1.82, 2.24) is 10.6 Å². The van der Waals surface area contributed by atoms with E-state index in [0.29, 0.717) is 6.54 Å². The minimum atomic E-state index is -1.25. The molecule has 3 N–H and O–H groups in total. The predicted octanol–water partition coefficient (Wildman–Crippen LogP) is 0.494. The Morgan fingerprint density at radius 1 is 1.17 bits per heavy atom. The Labute approximate surface area is 104 Å². The monoisotopic (exact) mass is 250 g/mol. The Balaban J connectivity index is 3.25. The summed E-state index contributed by atoms with van der Waals surface area (Å²) < 4.78 is 0. The highest BCUT2D eigenvalue weighted by molar-refractivity contribution is 6.06. The van der Waals surface area contributed by atoms with E-state index in [4.69, 9.17) is 5.11 Å². The Kier molecular flexibility index (Phi) is 4.42. The summed E-state index contributed by atoms with van der Waals surface area (Å²) >= 11 is 0. The highest BCUT2D eigenvalue weighted by Crippen LogP contribution is 2.12. The van der Waals surface area contributed by atoms with Gasteiger partial charge in [0.05, 0.1) is 11.1 Å². The van der Waals surface area contributed by atoms with Crippen LogP contribution < -0.4 is 10.6 Å². The third-order valence-corrected chi connectivity index (χ3v) is 2.32. The smallest absolute Gasteiger partial charge is 0.336 e. The molecule has 0 saturated carbocycles. The van der Waals surface area contributed by atoms with Crippen molar-refractivity contribution in [3.63, 3.8) is 0 Å². The second kappa shape index (κ2) is 5.81. The van der Waals surface area contributed by atoms with E-state index in [9.17, 15) is 14.4 Å². The summed E-state index contributed by atoms with van der Waals surface area (Å²) in [7, 11) is 1.44. The number of hydrogen-bond donors (Lipinski definition) is 3. The van der Waals surface area contributed by atoms with Gasteiger partial charge >= 0.3 is 5.97 Å². The zero-order valence-electron chi connectivity index (χ0n) is 10.1. The largest absolute Gasteiger partial charge is 0.478 e. The molecule has 6 nitrogen and oxygen atoms in total. The Morgan fingerprint density at radius 2 is 1.83 bits per heavy atom. The van der Waals surface area contributed by atoms with E-state index >= 15 is 0 Å². The molecule has 0 radical (unpaired) electrons. The maximum absolute atomic E-state index is 11.6. The minimum Gasteiger partial charge on any atom is -0.478 e. The molecule has 96 valence electrons. The van der Waals surface area contributed by atoms with Gasteiger partial charge in [0.1, 0.15) is 0 Å². The van der Waals surface area contributed by atoms with Crippen LogP contribution in [0.1, 0.15) is 38.0 Å². The van der Waals surface area contributed by atoms with Gasteiger partial charge < -0.3 is 15.7 Å². The molecular formula is C12H14N2O4. The molecule has 6 heteroatoms. The van der Waals surface area contributed by atoms with Gasteiger partial charge in [0.2, 0.25) is 0 Å². The molecule has 0 saturated heterocycles. The van der Waals surface area contributed by atoms with Gasteiger partial charge in [-0.05, 0) is 25.1 Å². The van der Waals surface area contributed by atoms with E-state index in [0.717, 1.165) is 0 Å². The maximum Gasteiger partial charge on any atom is 0.336 e. The Bertz CT molecular complexity index is 497. The number of amides is 2. The third kappa shape index (κ3) is 2.85. The van der Waals surface area contributed by atoms with Crippen LogP contribution in [0.2, 0.25) is 0 Å². The van der Waals surface area contributed by atoms with Gasteiger partial charge in [-0.2, -0.15) is 0 Å². The SMILES string of the molecule is CCNC(=O)c1ccc(C(=O)NC)cc1C(=O)O. The molecule has 0 atom stereocenters. The van der Waals surface area contributed by atoms with Crippen LogP contribution in [0.25, 0.3) is 0 Å².